The van der Waals surface area contributed by atoms with Gasteiger partial charge in [-0.2, -0.15) is 0 Å². The molecule has 0 heterocycles. The van der Waals surface area contributed by atoms with Crippen molar-refractivity contribution in [2.75, 3.05) is 0 Å². The summed E-state index contributed by atoms with van der Waals surface area (Å²) in [6.07, 6.45) is 6.15. The number of aliphatic hydroxyl groups excluding tert-OH is 1. The minimum Gasteiger partial charge on any atom is -0.393 e. The Morgan fingerprint density at radius 3 is 2.44 bits per heavy atom. The first-order valence-corrected chi connectivity index (χ1v) is 7.23. The molecule has 1 fully saturated rings. The van der Waals surface area contributed by atoms with Gasteiger partial charge < -0.3 is 16.2 Å². The lowest BCUT2D eigenvalue weighted by Gasteiger charge is -2.27. The van der Waals surface area contributed by atoms with Gasteiger partial charge in [-0.3, -0.25) is 4.79 Å². The summed E-state index contributed by atoms with van der Waals surface area (Å²) in [6.45, 7) is 3.98. The second kappa shape index (κ2) is 7.74. The van der Waals surface area contributed by atoms with Gasteiger partial charge in [0.1, 0.15) is 0 Å². The zero-order valence-electron chi connectivity index (χ0n) is 11.7. The number of carbonyl (C=O) groups is 1. The standard InChI is InChI=1S/C14H28N2O2/c1-10(4-3-5-11(2)15)14(18)16-12-6-8-13(17)9-7-12/h10-13,17H,3-9,15H2,1-2H3,(H,16,18). The van der Waals surface area contributed by atoms with E-state index in [1.807, 2.05) is 13.8 Å². The van der Waals surface area contributed by atoms with E-state index < -0.39 is 0 Å². The number of amides is 1. The Morgan fingerprint density at radius 1 is 1.28 bits per heavy atom. The van der Waals surface area contributed by atoms with E-state index in [9.17, 15) is 9.90 Å². The van der Waals surface area contributed by atoms with Gasteiger partial charge in [0.15, 0.2) is 0 Å². The van der Waals surface area contributed by atoms with Gasteiger partial charge in [-0.25, -0.2) is 0 Å². The van der Waals surface area contributed by atoms with Crippen LogP contribution in [-0.4, -0.2) is 29.2 Å². The molecule has 0 aromatic rings. The van der Waals surface area contributed by atoms with Crippen molar-refractivity contribution in [3.8, 4) is 0 Å². The summed E-state index contributed by atoms with van der Waals surface area (Å²) < 4.78 is 0. The van der Waals surface area contributed by atoms with Gasteiger partial charge in [0, 0.05) is 18.0 Å². The van der Waals surface area contributed by atoms with Gasteiger partial charge in [-0.1, -0.05) is 13.3 Å². The van der Waals surface area contributed by atoms with E-state index in [0.717, 1.165) is 44.9 Å². The Hall–Kier alpha value is -0.610. The molecule has 4 heteroatoms. The van der Waals surface area contributed by atoms with Crippen molar-refractivity contribution >= 4 is 5.91 Å². The van der Waals surface area contributed by atoms with Crippen LogP contribution < -0.4 is 11.1 Å². The minimum absolute atomic E-state index is 0.0654. The quantitative estimate of drug-likeness (QED) is 0.675. The molecule has 0 radical (unpaired) electrons. The topological polar surface area (TPSA) is 75.4 Å². The summed E-state index contributed by atoms with van der Waals surface area (Å²) in [5.74, 6) is 0.219. The monoisotopic (exact) mass is 256 g/mol. The van der Waals surface area contributed by atoms with Crippen molar-refractivity contribution in [2.45, 2.75) is 77.0 Å². The van der Waals surface area contributed by atoms with Crippen LogP contribution >= 0.6 is 0 Å². The Labute approximate surface area is 110 Å². The summed E-state index contributed by atoms with van der Waals surface area (Å²) >= 11 is 0. The number of nitrogens with one attached hydrogen (secondary N) is 1. The van der Waals surface area contributed by atoms with Crippen LogP contribution in [0.4, 0.5) is 0 Å². The molecule has 1 aliphatic rings. The molecule has 0 spiro atoms. The SMILES string of the molecule is CC(N)CCCC(C)C(=O)NC1CCC(O)CC1. The molecule has 1 rings (SSSR count). The number of aliphatic hydroxyl groups is 1. The maximum atomic E-state index is 12.0. The first kappa shape index (κ1) is 15.4. The maximum absolute atomic E-state index is 12.0. The fourth-order valence-electron chi connectivity index (χ4n) is 2.44. The van der Waals surface area contributed by atoms with Crippen molar-refractivity contribution in [1.82, 2.24) is 5.32 Å². The third-order valence-corrected chi connectivity index (χ3v) is 3.79. The van der Waals surface area contributed by atoms with Crippen LogP contribution in [0.1, 0.15) is 58.8 Å². The molecule has 4 nitrogen and oxygen atoms in total. The number of rotatable bonds is 6. The lowest BCUT2D eigenvalue weighted by molar-refractivity contribution is -0.125. The third kappa shape index (κ3) is 5.83. The normalized spacial score (nSPS) is 27.6. The Balaban J connectivity index is 2.18. The molecule has 1 amide bonds. The Kier molecular flexibility index (Phi) is 6.65. The van der Waals surface area contributed by atoms with Crippen LogP contribution in [0.2, 0.25) is 0 Å². The highest BCUT2D eigenvalue weighted by molar-refractivity contribution is 5.78. The first-order chi connectivity index (χ1) is 8.49. The molecule has 2 unspecified atom stereocenters. The summed E-state index contributed by atoms with van der Waals surface area (Å²) in [7, 11) is 0. The molecule has 0 aromatic heterocycles. The highest BCUT2D eigenvalue weighted by Gasteiger charge is 2.22. The molecule has 4 N–H and O–H groups in total. The lowest BCUT2D eigenvalue weighted by atomic mass is 9.92. The second-order valence-corrected chi connectivity index (χ2v) is 5.82. The highest BCUT2D eigenvalue weighted by Crippen LogP contribution is 2.19. The van der Waals surface area contributed by atoms with Gasteiger partial charge in [-0.05, 0) is 45.4 Å². The van der Waals surface area contributed by atoms with E-state index in [0.29, 0.717) is 0 Å². The third-order valence-electron chi connectivity index (χ3n) is 3.79. The molecule has 0 aromatic carbocycles. The molecule has 1 aliphatic carbocycles. The van der Waals surface area contributed by atoms with Crippen molar-refractivity contribution < 1.29 is 9.90 Å². The van der Waals surface area contributed by atoms with Gasteiger partial charge in [0.25, 0.3) is 0 Å². The average molecular weight is 256 g/mol. The molecule has 18 heavy (non-hydrogen) atoms. The molecule has 106 valence electrons. The summed E-state index contributed by atoms with van der Waals surface area (Å²) in [5.41, 5.74) is 5.69. The molecule has 0 saturated heterocycles. The van der Waals surface area contributed by atoms with Crippen molar-refractivity contribution in [3.05, 3.63) is 0 Å². The fraction of sp³-hybridized carbons (Fsp3) is 0.929. The summed E-state index contributed by atoms with van der Waals surface area (Å²) in [6, 6.07) is 0.483. The molecule has 0 bridgehead atoms. The smallest absolute Gasteiger partial charge is 0.223 e. The average Bonchev–Trinajstić information content (AvgIpc) is 2.31. The van der Waals surface area contributed by atoms with Gasteiger partial charge in [0.2, 0.25) is 5.91 Å². The summed E-state index contributed by atoms with van der Waals surface area (Å²) in [5, 5.41) is 12.5. The number of nitrogens with two attached hydrogens (primary N) is 1. The van der Waals surface area contributed by atoms with E-state index in [1.54, 1.807) is 0 Å². The number of hydrogen-bond donors (Lipinski definition) is 3. The van der Waals surface area contributed by atoms with Gasteiger partial charge in [-0.15, -0.1) is 0 Å². The zero-order chi connectivity index (χ0) is 13.5. The summed E-state index contributed by atoms with van der Waals surface area (Å²) in [4.78, 5) is 12.0. The van der Waals surface area contributed by atoms with Crippen LogP contribution in [0.25, 0.3) is 0 Å². The van der Waals surface area contributed by atoms with E-state index in [-0.39, 0.29) is 30.0 Å². The van der Waals surface area contributed by atoms with Gasteiger partial charge in [0.05, 0.1) is 6.10 Å². The molecule has 1 saturated carbocycles. The second-order valence-electron chi connectivity index (χ2n) is 5.82. The van der Waals surface area contributed by atoms with E-state index in [1.165, 1.54) is 0 Å². The zero-order valence-corrected chi connectivity index (χ0v) is 11.7. The largest absolute Gasteiger partial charge is 0.393 e. The van der Waals surface area contributed by atoms with Crippen LogP contribution in [0.15, 0.2) is 0 Å². The van der Waals surface area contributed by atoms with Crippen LogP contribution in [0, 0.1) is 5.92 Å². The van der Waals surface area contributed by atoms with Crippen molar-refractivity contribution in [3.63, 3.8) is 0 Å². The molecule has 0 aliphatic heterocycles. The fourth-order valence-corrected chi connectivity index (χ4v) is 2.44. The van der Waals surface area contributed by atoms with Crippen LogP contribution in [-0.2, 0) is 4.79 Å². The lowest BCUT2D eigenvalue weighted by Crippen LogP contribution is -2.41. The molecular formula is C14H28N2O2. The first-order valence-electron chi connectivity index (χ1n) is 7.23. The van der Waals surface area contributed by atoms with Gasteiger partial charge >= 0.3 is 0 Å². The van der Waals surface area contributed by atoms with Crippen molar-refractivity contribution in [2.24, 2.45) is 11.7 Å². The highest BCUT2D eigenvalue weighted by atomic mass is 16.3. The van der Waals surface area contributed by atoms with E-state index in [4.69, 9.17) is 5.73 Å². The maximum Gasteiger partial charge on any atom is 0.223 e. The number of carbonyl (C=O) groups excluding carboxylic acids is 1. The predicted octanol–water partition coefficient (Wildman–Crippen LogP) is 1.56. The van der Waals surface area contributed by atoms with E-state index in [2.05, 4.69) is 5.32 Å². The minimum atomic E-state index is -0.165. The van der Waals surface area contributed by atoms with Crippen molar-refractivity contribution in [1.29, 1.82) is 0 Å². The van der Waals surface area contributed by atoms with Crippen LogP contribution in [0.3, 0.4) is 0 Å². The predicted molar refractivity (Wildman–Crippen MR) is 73.1 cm³/mol. The molecular weight excluding hydrogens is 228 g/mol. The molecule has 2 atom stereocenters. The Bertz CT molecular complexity index is 248. The Morgan fingerprint density at radius 2 is 1.89 bits per heavy atom. The van der Waals surface area contributed by atoms with E-state index >= 15 is 0 Å². The number of hydrogen-bond acceptors (Lipinski definition) is 3. The van der Waals surface area contributed by atoms with Crippen LogP contribution in [0.5, 0.6) is 0 Å².